The number of rotatable bonds is 4. The first-order valence-electron chi connectivity index (χ1n) is 4.94. The van der Waals surface area contributed by atoms with Crippen LogP contribution < -0.4 is 5.32 Å². The average molecular weight is 199 g/mol. The molecule has 0 aromatic carbocycles. The van der Waals surface area contributed by atoms with Crippen molar-refractivity contribution in [3.8, 4) is 0 Å². The molecule has 0 aromatic rings. The second-order valence-electron chi connectivity index (χ2n) is 4.03. The summed E-state index contributed by atoms with van der Waals surface area (Å²) >= 11 is 0. The topological polar surface area (TPSA) is 55.4 Å². The SMILES string of the molecule is COC(=O)[C@H](NC(=O)C1CC1)C(C)C. The summed E-state index contributed by atoms with van der Waals surface area (Å²) in [5.74, 6) is -0.200. The number of amides is 1. The Morgan fingerprint density at radius 3 is 2.29 bits per heavy atom. The van der Waals surface area contributed by atoms with Crippen LogP contribution in [-0.2, 0) is 14.3 Å². The van der Waals surface area contributed by atoms with Crippen LogP contribution in [0.3, 0.4) is 0 Å². The molecule has 1 aliphatic carbocycles. The van der Waals surface area contributed by atoms with Crippen molar-refractivity contribution in [2.75, 3.05) is 7.11 Å². The van der Waals surface area contributed by atoms with Gasteiger partial charge >= 0.3 is 5.97 Å². The van der Waals surface area contributed by atoms with E-state index < -0.39 is 6.04 Å². The molecule has 4 heteroatoms. The fourth-order valence-corrected chi connectivity index (χ4v) is 1.24. The van der Waals surface area contributed by atoms with E-state index >= 15 is 0 Å². The monoisotopic (exact) mass is 199 g/mol. The van der Waals surface area contributed by atoms with Gasteiger partial charge in [-0.15, -0.1) is 0 Å². The summed E-state index contributed by atoms with van der Waals surface area (Å²) in [5, 5.41) is 2.72. The maximum absolute atomic E-state index is 11.4. The molecule has 1 N–H and O–H groups in total. The fourth-order valence-electron chi connectivity index (χ4n) is 1.24. The summed E-state index contributed by atoms with van der Waals surface area (Å²) in [6, 6.07) is -0.506. The molecule has 1 atom stereocenters. The van der Waals surface area contributed by atoms with Crippen LogP contribution in [0.4, 0.5) is 0 Å². The van der Waals surface area contributed by atoms with Gasteiger partial charge in [0.2, 0.25) is 5.91 Å². The summed E-state index contributed by atoms with van der Waals surface area (Å²) in [7, 11) is 1.33. The minimum Gasteiger partial charge on any atom is -0.467 e. The number of hydrogen-bond donors (Lipinski definition) is 1. The van der Waals surface area contributed by atoms with E-state index in [4.69, 9.17) is 0 Å². The van der Waals surface area contributed by atoms with Gasteiger partial charge in [-0.2, -0.15) is 0 Å². The van der Waals surface area contributed by atoms with Crippen LogP contribution in [0.2, 0.25) is 0 Å². The predicted molar refractivity (Wildman–Crippen MR) is 51.5 cm³/mol. The van der Waals surface area contributed by atoms with Crippen LogP contribution >= 0.6 is 0 Å². The molecule has 0 spiro atoms. The normalized spacial score (nSPS) is 17.7. The Balaban J connectivity index is 2.49. The van der Waals surface area contributed by atoms with Gasteiger partial charge in [-0.25, -0.2) is 4.79 Å². The number of hydrogen-bond acceptors (Lipinski definition) is 3. The smallest absolute Gasteiger partial charge is 0.328 e. The number of ether oxygens (including phenoxy) is 1. The number of nitrogens with one attached hydrogen (secondary N) is 1. The van der Waals surface area contributed by atoms with Gasteiger partial charge in [0.05, 0.1) is 7.11 Å². The third-order valence-electron chi connectivity index (χ3n) is 2.37. The number of carbonyl (C=O) groups is 2. The van der Waals surface area contributed by atoms with Crippen molar-refractivity contribution >= 4 is 11.9 Å². The van der Waals surface area contributed by atoms with E-state index in [9.17, 15) is 9.59 Å². The first-order chi connectivity index (χ1) is 6.56. The van der Waals surface area contributed by atoms with E-state index in [-0.39, 0.29) is 23.7 Å². The Morgan fingerprint density at radius 1 is 1.36 bits per heavy atom. The Morgan fingerprint density at radius 2 is 1.93 bits per heavy atom. The molecule has 0 bridgehead atoms. The lowest BCUT2D eigenvalue weighted by Crippen LogP contribution is -2.45. The first-order valence-corrected chi connectivity index (χ1v) is 4.94. The minimum absolute atomic E-state index is 0.0194. The molecule has 1 fully saturated rings. The molecule has 0 aliphatic heterocycles. The number of methoxy groups -OCH3 is 1. The Hall–Kier alpha value is -1.06. The molecular formula is C10H17NO3. The summed E-state index contributed by atoms with van der Waals surface area (Å²) < 4.78 is 4.62. The van der Waals surface area contributed by atoms with Gasteiger partial charge in [-0.05, 0) is 18.8 Å². The van der Waals surface area contributed by atoms with Crippen molar-refractivity contribution in [2.45, 2.75) is 32.7 Å². The highest BCUT2D eigenvalue weighted by Gasteiger charge is 2.33. The van der Waals surface area contributed by atoms with E-state index in [1.807, 2.05) is 13.8 Å². The lowest BCUT2D eigenvalue weighted by Gasteiger charge is -2.19. The predicted octanol–water partition coefficient (Wildman–Crippen LogP) is 0.710. The highest BCUT2D eigenvalue weighted by atomic mass is 16.5. The molecule has 0 radical (unpaired) electrons. The summed E-state index contributed by atoms with van der Waals surface area (Å²) in [6.45, 7) is 3.77. The van der Waals surface area contributed by atoms with Crippen molar-refractivity contribution in [1.82, 2.24) is 5.32 Å². The van der Waals surface area contributed by atoms with Crippen molar-refractivity contribution in [3.05, 3.63) is 0 Å². The van der Waals surface area contributed by atoms with Crippen molar-refractivity contribution in [3.63, 3.8) is 0 Å². The molecule has 1 aliphatic rings. The number of esters is 1. The second kappa shape index (κ2) is 4.44. The van der Waals surface area contributed by atoms with Gasteiger partial charge in [0.25, 0.3) is 0 Å². The molecule has 0 heterocycles. The quantitative estimate of drug-likeness (QED) is 0.678. The molecule has 1 amide bonds. The lowest BCUT2D eigenvalue weighted by atomic mass is 10.0. The third kappa shape index (κ3) is 2.72. The van der Waals surface area contributed by atoms with Gasteiger partial charge in [0, 0.05) is 5.92 Å². The molecule has 1 rings (SSSR count). The molecule has 80 valence electrons. The Labute approximate surface area is 84.0 Å². The fraction of sp³-hybridized carbons (Fsp3) is 0.800. The summed E-state index contributed by atoms with van der Waals surface area (Å²) in [5.41, 5.74) is 0. The molecule has 0 aromatic heterocycles. The van der Waals surface area contributed by atoms with Crippen molar-refractivity contribution in [1.29, 1.82) is 0 Å². The first kappa shape index (κ1) is 11.0. The van der Waals surface area contributed by atoms with Crippen molar-refractivity contribution < 1.29 is 14.3 Å². The highest BCUT2D eigenvalue weighted by molar-refractivity contribution is 5.87. The zero-order valence-corrected chi connectivity index (χ0v) is 8.87. The van der Waals surface area contributed by atoms with Crippen LogP contribution in [0.25, 0.3) is 0 Å². The van der Waals surface area contributed by atoms with Crippen LogP contribution in [-0.4, -0.2) is 25.0 Å². The highest BCUT2D eigenvalue weighted by Crippen LogP contribution is 2.29. The minimum atomic E-state index is -0.506. The molecule has 1 saturated carbocycles. The summed E-state index contributed by atoms with van der Waals surface area (Å²) in [4.78, 5) is 22.7. The molecule has 14 heavy (non-hydrogen) atoms. The van der Waals surface area contributed by atoms with E-state index in [0.29, 0.717) is 0 Å². The standard InChI is InChI=1S/C10H17NO3/c1-6(2)8(10(13)14-3)11-9(12)7-4-5-7/h6-8H,4-5H2,1-3H3,(H,11,12)/t8-/m1/s1. The van der Waals surface area contributed by atoms with E-state index in [0.717, 1.165) is 12.8 Å². The molecule has 0 unspecified atom stereocenters. The van der Waals surface area contributed by atoms with Gasteiger partial charge in [-0.3, -0.25) is 4.79 Å². The maximum atomic E-state index is 11.4. The van der Waals surface area contributed by atoms with E-state index in [1.165, 1.54) is 7.11 Å². The van der Waals surface area contributed by atoms with E-state index in [2.05, 4.69) is 10.1 Å². The van der Waals surface area contributed by atoms with Crippen LogP contribution in [0.15, 0.2) is 0 Å². The largest absolute Gasteiger partial charge is 0.467 e. The molecule has 4 nitrogen and oxygen atoms in total. The lowest BCUT2D eigenvalue weighted by molar-refractivity contribution is -0.146. The molecule has 0 saturated heterocycles. The van der Waals surface area contributed by atoms with Gasteiger partial charge in [-0.1, -0.05) is 13.8 Å². The van der Waals surface area contributed by atoms with Crippen LogP contribution in [0.5, 0.6) is 0 Å². The zero-order valence-electron chi connectivity index (χ0n) is 8.87. The zero-order chi connectivity index (χ0) is 10.7. The van der Waals surface area contributed by atoms with Crippen LogP contribution in [0, 0.1) is 11.8 Å². The average Bonchev–Trinajstić information content (AvgIpc) is 2.95. The van der Waals surface area contributed by atoms with E-state index in [1.54, 1.807) is 0 Å². The number of carbonyl (C=O) groups excluding carboxylic acids is 2. The summed E-state index contributed by atoms with van der Waals surface area (Å²) in [6.07, 6.45) is 1.88. The molecular weight excluding hydrogens is 182 g/mol. The van der Waals surface area contributed by atoms with Gasteiger partial charge in [0.1, 0.15) is 6.04 Å². The third-order valence-corrected chi connectivity index (χ3v) is 2.37. The van der Waals surface area contributed by atoms with Crippen LogP contribution in [0.1, 0.15) is 26.7 Å². The second-order valence-corrected chi connectivity index (χ2v) is 4.03. The van der Waals surface area contributed by atoms with Crippen molar-refractivity contribution in [2.24, 2.45) is 11.8 Å². The maximum Gasteiger partial charge on any atom is 0.328 e. The van der Waals surface area contributed by atoms with Gasteiger partial charge < -0.3 is 10.1 Å². The Kier molecular flexibility index (Phi) is 3.49. The Bertz CT molecular complexity index is 234. The van der Waals surface area contributed by atoms with Gasteiger partial charge in [0.15, 0.2) is 0 Å².